The van der Waals surface area contributed by atoms with E-state index in [1.165, 1.54) is 24.3 Å². The van der Waals surface area contributed by atoms with Gasteiger partial charge in [0, 0.05) is 12.0 Å². The maximum Gasteiger partial charge on any atom is 0.168 e. The number of ketones is 1. The number of hydrogen-bond acceptors (Lipinski definition) is 6. The van der Waals surface area contributed by atoms with Crippen LogP contribution in [-0.4, -0.2) is 31.8 Å². The van der Waals surface area contributed by atoms with E-state index in [1.807, 2.05) is 6.92 Å². The normalized spacial score (nSPS) is 17.9. The lowest BCUT2D eigenvalue weighted by atomic mass is 9.86. The Labute approximate surface area is 183 Å². The first-order valence-corrected chi connectivity index (χ1v) is 10.9. The minimum Gasteiger partial charge on any atom is -0.508 e. The smallest absolute Gasteiger partial charge is 0.168 e. The second kappa shape index (κ2) is 9.08. The van der Waals surface area contributed by atoms with Gasteiger partial charge in [-0.05, 0) is 74.8 Å². The van der Waals surface area contributed by atoms with Crippen LogP contribution in [0.15, 0.2) is 24.3 Å². The van der Waals surface area contributed by atoms with Crippen molar-refractivity contribution in [2.45, 2.75) is 71.3 Å². The lowest BCUT2D eigenvalue weighted by Crippen LogP contribution is -2.36. The van der Waals surface area contributed by atoms with Gasteiger partial charge in [-0.3, -0.25) is 4.79 Å². The van der Waals surface area contributed by atoms with E-state index in [-0.39, 0.29) is 52.9 Å². The number of Topliss-reactive ketones (excluding diaryl/α,β-unsaturated/α-hetero) is 1. The largest absolute Gasteiger partial charge is 0.508 e. The number of phenolic OH excluding ortho intramolecular Hbond substituents is 4. The van der Waals surface area contributed by atoms with Crippen molar-refractivity contribution in [3.63, 3.8) is 0 Å². The highest BCUT2D eigenvalue weighted by Gasteiger charge is 2.35. The zero-order valence-corrected chi connectivity index (χ0v) is 18.4. The predicted molar refractivity (Wildman–Crippen MR) is 118 cm³/mol. The number of aromatic hydroxyl groups is 4. The molecule has 0 aromatic heterocycles. The van der Waals surface area contributed by atoms with Crippen LogP contribution in [0.25, 0.3) is 0 Å². The van der Waals surface area contributed by atoms with E-state index >= 15 is 0 Å². The summed E-state index contributed by atoms with van der Waals surface area (Å²) in [5, 5.41) is 40.8. The maximum absolute atomic E-state index is 12.7. The van der Waals surface area contributed by atoms with Gasteiger partial charge in [0.05, 0.1) is 5.56 Å². The quantitative estimate of drug-likeness (QED) is 0.339. The fourth-order valence-electron chi connectivity index (χ4n) is 4.16. The number of aryl methyl sites for hydroxylation is 1. The molecule has 0 radical (unpaired) electrons. The van der Waals surface area contributed by atoms with Gasteiger partial charge >= 0.3 is 0 Å². The Morgan fingerprint density at radius 3 is 2.58 bits per heavy atom. The lowest BCUT2D eigenvalue weighted by Gasteiger charge is -2.37. The second-order valence-electron chi connectivity index (χ2n) is 9.17. The second-order valence-corrected chi connectivity index (χ2v) is 9.17. The van der Waals surface area contributed by atoms with Gasteiger partial charge in [0.2, 0.25) is 0 Å². The Kier molecular flexibility index (Phi) is 6.68. The van der Waals surface area contributed by atoms with E-state index in [2.05, 4.69) is 13.8 Å². The molecular weight excluding hydrogens is 396 g/mol. The predicted octanol–water partition coefficient (Wildman–Crippen LogP) is 5.23. The van der Waals surface area contributed by atoms with E-state index in [4.69, 9.17) is 4.74 Å². The molecule has 2 aromatic carbocycles. The van der Waals surface area contributed by atoms with Crippen LogP contribution in [0.1, 0.15) is 74.4 Å². The van der Waals surface area contributed by atoms with Crippen molar-refractivity contribution >= 4 is 5.78 Å². The van der Waals surface area contributed by atoms with Crippen LogP contribution in [0.5, 0.6) is 28.7 Å². The van der Waals surface area contributed by atoms with Gasteiger partial charge < -0.3 is 25.2 Å². The van der Waals surface area contributed by atoms with Gasteiger partial charge in [-0.1, -0.05) is 20.3 Å². The average Bonchev–Trinajstić information content (AvgIpc) is 2.70. The number of hydrogen-bond donors (Lipinski definition) is 4. The first kappa shape index (κ1) is 22.8. The molecule has 31 heavy (non-hydrogen) atoms. The molecule has 1 unspecified atom stereocenters. The van der Waals surface area contributed by atoms with Crippen LogP contribution in [0.3, 0.4) is 0 Å². The highest BCUT2D eigenvalue weighted by molar-refractivity contribution is 6.00. The Balaban J connectivity index is 1.75. The van der Waals surface area contributed by atoms with Crippen LogP contribution < -0.4 is 4.74 Å². The van der Waals surface area contributed by atoms with E-state index in [0.29, 0.717) is 29.9 Å². The molecule has 1 atom stereocenters. The standard InChI is InChI=1S/C25H32O6/c1-15(2)5-4-11-25(3)12-10-18-23(30)19(14-22(29)24(18)31-25)21(28)8-6-16-13-17(26)7-9-20(16)27/h7,9,13-15,26-27,29-30H,4-6,8,10-12H2,1-3H3. The molecular formula is C25H32O6. The molecule has 168 valence electrons. The molecule has 0 spiro atoms. The van der Waals surface area contributed by atoms with Crippen molar-refractivity contribution in [3.05, 3.63) is 41.0 Å². The fraction of sp³-hybridized carbons (Fsp3) is 0.480. The molecule has 0 aliphatic carbocycles. The number of ether oxygens (including phenoxy) is 1. The molecule has 6 heteroatoms. The summed E-state index contributed by atoms with van der Waals surface area (Å²) in [6.07, 6.45) is 4.40. The number of benzene rings is 2. The Morgan fingerprint density at radius 1 is 1.13 bits per heavy atom. The minimum absolute atomic E-state index is 0.00288. The van der Waals surface area contributed by atoms with Gasteiger partial charge in [-0.25, -0.2) is 0 Å². The van der Waals surface area contributed by atoms with E-state index in [9.17, 15) is 25.2 Å². The Hall–Kier alpha value is -2.89. The summed E-state index contributed by atoms with van der Waals surface area (Å²) in [5.41, 5.74) is 0.535. The maximum atomic E-state index is 12.7. The van der Waals surface area contributed by atoms with Crippen LogP contribution in [-0.2, 0) is 12.8 Å². The molecule has 4 N–H and O–H groups in total. The third-order valence-corrected chi connectivity index (χ3v) is 6.05. The van der Waals surface area contributed by atoms with E-state index in [1.54, 1.807) is 0 Å². The number of carbonyl (C=O) groups excluding carboxylic acids is 1. The molecule has 0 saturated carbocycles. The molecule has 3 rings (SSSR count). The van der Waals surface area contributed by atoms with Crippen LogP contribution in [0.4, 0.5) is 0 Å². The fourth-order valence-corrected chi connectivity index (χ4v) is 4.16. The highest BCUT2D eigenvalue weighted by Crippen LogP contribution is 2.47. The number of phenols is 4. The molecule has 0 fully saturated rings. The lowest BCUT2D eigenvalue weighted by molar-refractivity contribution is 0.0487. The van der Waals surface area contributed by atoms with Crippen molar-refractivity contribution in [1.82, 2.24) is 0 Å². The first-order valence-electron chi connectivity index (χ1n) is 10.9. The van der Waals surface area contributed by atoms with Crippen molar-refractivity contribution in [2.24, 2.45) is 5.92 Å². The topological polar surface area (TPSA) is 107 Å². The third-order valence-electron chi connectivity index (χ3n) is 6.05. The summed E-state index contributed by atoms with van der Waals surface area (Å²) in [4.78, 5) is 12.7. The average molecular weight is 429 g/mol. The summed E-state index contributed by atoms with van der Waals surface area (Å²) in [7, 11) is 0. The highest BCUT2D eigenvalue weighted by atomic mass is 16.5. The summed E-state index contributed by atoms with van der Waals surface area (Å²) in [6, 6.07) is 5.40. The zero-order chi connectivity index (χ0) is 22.8. The Bertz CT molecular complexity index is 965. The minimum atomic E-state index is -0.413. The summed E-state index contributed by atoms with van der Waals surface area (Å²) >= 11 is 0. The molecule has 0 amide bonds. The number of fused-ring (bicyclic) bond motifs is 1. The zero-order valence-electron chi connectivity index (χ0n) is 18.4. The van der Waals surface area contributed by atoms with Crippen molar-refractivity contribution in [2.75, 3.05) is 0 Å². The van der Waals surface area contributed by atoms with Crippen molar-refractivity contribution in [1.29, 1.82) is 0 Å². The number of carbonyl (C=O) groups is 1. The van der Waals surface area contributed by atoms with Crippen LogP contribution in [0.2, 0.25) is 0 Å². The molecule has 1 heterocycles. The molecule has 1 aliphatic heterocycles. The van der Waals surface area contributed by atoms with Crippen molar-refractivity contribution < 1.29 is 30.0 Å². The van der Waals surface area contributed by atoms with Gasteiger partial charge in [-0.15, -0.1) is 0 Å². The van der Waals surface area contributed by atoms with Crippen LogP contribution in [0, 0.1) is 5.92 Å². The summed E-state index contributed by atoms with van der Waals surface area (Å²) < 4.78 is 6.12. The number of rotatable bonds is 8. The molecule has 0 bridgehead atoms. The van der Waals surface area contributed by atoms with E-state index < -0.39 is 5.60 Å². The molecule has 6 nitrogen and oxygen atoms in total. The van der Waals surface area contributed by atoms with Gasteiger partial charge in [-0.2, -0.15) is 0 Å². The molecule has 1 aliphatic rings. The first-order chi connectivity index (χ1) is 14.6. The SMILES string of the molecule is CC(C)CCCC1(C)CCc2c(O)c(C(=O)CCc3cc(O)ccc3O)cc(O)c2O1. The van der Waals surface area contributed by atoms with Crippen LogP contribution >= 0.6 is 0 Å². The summed E-state index contributed by atoms with van der Waals surface area (Å²) in [5.74, 6) is 0.221. The summed E-state index contributed by atoms with van der Waals surface area (Å²) in [6.45, 7) is 6.39. The van der Waals surface area contributed by atoms with Gasteiger partial charge in [0.15, 0.2) is 17.3 Å². The molecule has 2 aromatic rings. The third kappa shape index (κ3) is 5.24. The van der Waals surface area contributed by atoms with Gasteiger partial charge in [0.25, 0.3) is 0 Å². The van der Waals surface area contributed by atoms with Gasteiger partial charge in [0.1, 0.15) is 22.8 Å². The van der Waals surface area contributed by atoms with Crippen molar-refractivity contribution in [3.8, 4) is 28.7 Å². The Morgan fingerprint density at radius 2 is 1.87 bits per heavy atom. The molecule has 0 saturated heterocycles. The van der Waals surface area contributed by atoms with E-state index in [0.717, 1.165) is 19.3 Å². The monoisotopic (exact) mass is 428 g/mol.